The SMILES string of the molecule is CCn1c(C2(N)CCOCC2)nc2cnccc21. The number of hydrogen-bond donors (Lipinski definition) is 1. The highest BCUT2D eigenvalue weighted by Gasteiger charge is 2.34. The molecule has 3 rings (SSSR count). The van der Waals surface area contributed by atoms with Crippen LogP contribution in [0, 0.1) is 0 Å². The van der Waals surface area contributed by atoms with E-state index in [1.54, 1.807) is 12.4 Å². The molecule has 5 heteroatoms. The summed E-state index contributed by atoms with van der Waals surface area (Å²) in [6.07, 6.45) is 5.24. The number of fused-ring (bicyclic) bond motifs is 1. The lowest BCUT2D eigenvalue weighted by molar-refractivity contribution is 0.0481. The average molecular weight is 246 g/mol. The molecule has 0 amide bonds. The minimum atomic E-state index is -0.368. The van der Waals surface area contributed by atoms with Gasteiger partial charge in [-0.3, -0.25) is 4.98 Å². The molecule has 0 atom stereocenters. The molecule has 1 aliphatic rings. The third kappa shape index (κ3) is 1.71. The van der Waals surface area contributed by atoms with E-state index in [1.807, 2.05) is 6.07 Å². The lowest BCUT2D eigenvalue weighted by Gasteiger charge is -2.33. The van der Waals surface area contributed by atoms with Crippen LogP contribution in [-0.4, -0.2) is 27.7 Å². The first-order chi connectivity index (χ1) is 8.74. The summed E-state index contributed by atoms with van der Waals surface area (Å²) < 4.78 is 7.60. The summed E-state index contributed by atoms with van der Waals surface area (Å²) in [5.41, 5.74) is 8.20. The smallest absolute Gasteiger partial charge is 0.130 e. The zero-order valence-corrected chi connectivity index (χ0v) is 10.6. The van der Waals surface area contributed by atoms with E-state index < -0.39 is 0 Å². The molecule has 2 N–H and O–H groups in total. The standard InChI is InChI=1S/C13H18N4O/c1-2-17-11-3-6-15-9-10(11)16-12(17)13(14)4-7-18-8-5-13/h3,6,9H,2,4-5,7-8,14H2,1H3. The number of nitrogens with two attached hydrogens (primary N) is 1. The molecule has 0 saturated carbocycles. The van der Waals surface area contributed by atoms with Gasteiger partial charge < -0.3 is 15.0 Å². The fourth-order valence-electron chi connectivity index (χ4n) is 2.64. The van der Waals surface area contributed by atoms with Gasteiger partial charge >= 0.3 is 0 Å². The van der Waals surface area contributed by atoms with Crippen molar-refractivity contribution in [2.45, 2.75) is 31.8 Å². The van der Waals surface area contributed by atoms with E-state index in [4.69, 9.17) is 15.5 Å². The molecule has 96 valence electrons. The molecule has 0 aromatic carbocycles. The van der Waals surface area contributed by atoms with Gasteiger partial charge in [0.05, 0.1) is 17.3 Å². The summed E-state index contributed by atoms with van der Waals surface area (Å²) in [6.45, 7) is 4.41. The van der Waals surface area contributed by atoms with Crippen molar-refractivity contribution in [2.75, 3.05) is 13.2 Å². The van der Waals surface area contributed by atoms with Crippen LogP contribution in [0.4, 0.5) is 0 Å². The first kappa shape index (κ1) is 11.6. The summed E-state index contributed by atoms with van der Waals surface area (Å²) in [6, 6.07) is 2.00. The number of rotatable bonds is 2. The second-order valence-electron chi connectivity index (χ2n) is 4.81. The van der Waals surface area contributed by atoms with Crippen molar-refractivity contribution >= 4 is 11.0 Å². The average Bonchev–Trinajstić information content (AvgIpc) is 2.79. The molecule has 1 aliphatic heterocycles. The molecule has 3 heterocycles. The molecule has 2 aromatic rings. The van der Waals surface area contributed by atoms with E-state index >= 15 is 0 Å². The summed E-state index contributed by atoms with van der Waals surface area (Å²) in [5.74, 6) is 0.969. The maximum atomic E-state index is 6.54. The van der Waals surface area contributed by atoms with Gasteiger partial charge in [-0.15, -0.1) is 0 Å². The van der Waals surface area contributed by atoms with Gasteiger partial charge in [0.1, 0.15) is 11.3 Å². The number of hydrogen-bond acceptors (Lipinski definition) is 4. The highest BCUT2D eigenvalue weighted by atomic mass is 16.5. The number of aromatic nitrogens is 3. The zero-order valence-electron chi connectivity index (χ0n) is 10.6. The van der Waals surface area contributed by atoms with Gasteiger partial charge in [0.2, 0.25) is 0 Å². The fraction of sp³-hybridized carbons (Fsp3) is 0.538. The Balaban J connectivity index is 2.15. The second-order valence-corrected chi connectivity index (χ2v) is 4.81. The van der Waals surface area contributed by atoms with Gasteiger partial charge in [-0.25, -0.2) is 4.98 Å². The van der Waals surface area contributed by atoms with E-state index in [9.17, 15) is 0 Å². The molecule has 0 unspecified atom stereocenters. The molecule has 0 spiro atoms. The molecule has 5 nitrogen and oxygen atoms in total. The van der Waals surface area contributed by atoms with Gasteiger partial charge in [0, 0.05) is 26.0 Å². The van der Waals surface area contributed by atoms with E-state index in [0.29, 0.717) is 13.2 Å². The monoisotopic (exact) mass is 246 g/mol. The summed E-state index contributed by atoms with van der Waals surface area (Å²) in [4.78, 5) is 8.83. The Morgan fingerprint density at radius 3 is 2.94 bits per heavy atom. The molecular weight excluding hydrogens is 228 g/mol. The quantitative estimate of drug-likeness (QED) is 0.870. The Hall–Kier alpha value is -1.46. The Morgan fingerprint density at radius 1 is 1.44 bits per heavy atom. The third-order valence-corrected chi connectivity index (χ3v) is 3.70. The predicted molar refractivity (Wildman–Crippen MR) is 69.1 cm³/mol. The van der Waals surface area contributed by atoms with Crippen LogP contribution in [0.25, 0.3) is 11.0 Å². The van der Waals surface area contributed by atoms with Crippen LogP contribution in [0.15, 0.2) is 18.5 Å². The fourth-order valence-corrected chi connectivity index (χ4v) is 2.64. The topological polar surface area (TPSA) is 66.0 Å². The van der Waals surface area contributed by atoms with Crippen molar-refractivity contribution in [3.63, 3.8) is 0 Å². The van der Waals surface area contributed by atoms with Crippen LogP contribution < -0.4 is 5.73 Å². The number of aryl methyl sites for hydroxylation is 1. The number of imidazole rings is 1. The first-order valence-electron chi connectivity index (χ1n) is 6.42. The van der Waals surface area contributed by atoms with Gasteiger partial charge in [-0.05, 0) is 25.8 Å². The van der Waals surface area contributed by atoms with Crippen LogP contribution >= 0.6 is 0 Å². The van der Waals surface area contributed by atoms with Crippen LogP contribution in [0.1, 0.15) is 25.6 Å². The first-order valence-corrected chi connectivity index (χ1v) is 6.42. The molecule has 1 fully saturated rings. The normalized spacial score (nSPS) is 19.2. The van der Waals surface area contributed by atoms with E-state index in [-0.39, 0.29) is 5.54 Å². The molecule has 18 heavy (non-hydrogen) atoms. The minimum absolute atomic E-state index is 0.368. The van der Waals surface area contributed by atoms with Gasteiger partial charge in [-0.1, -0.05) is 0 Å². The molecule has 1 saturated heterocycles. The maximum absolute atomic E-state index is 6.54. The van der Waals surface area contributed by atoms with Crippen LogP contribution in [-0.2, 0) is 16.8 Å². The Morgan fingerprint density at radius 2 is 2.22 bits per heavy atom. The third-order valence-electron chi connectivity index (χ3n) is 3.70. The van der Waals surface area contributed by atoms with Crippen LogP contribution in [0.2, 0.25) is 0 Å². The Labute approximate surface area is 106 Å². The van der Waals surface area contributed by atoms with E-state index in [0.717, 1.165) is 36.2 Å². The van der Waals surface area contributed by atoms with Crippen molar-refractivity contribution in [3.05, 3.63) is 24.3 Å². The van der Waals surface area contributed by atoms with Gasteiger partial charge in [0.25, 0.3) is 0 Å². The van der Waals surface area contributed by atoms with Crippen molar-refractivity contribution in [1.82, 2.24) is 14.5 Å². The summed E-state index contributed by atoms with van der Waals surface area (Å²) in [7, 11) is 0. The summed E-state index contributed by atoms with van der Waals surface area (Å²) >= 11 is 0. The van der Waals surface area contributed by atoms with Gasteiger partial charge in [0.15, 0.2) is 0 Å². The lowest BCUT2D eigenvalue weighted by Crippen LogP contribution is -2.44. The largest absolute Gasteiger partial charge is 0.381 e. The minimum Gasteiger partial charge on any atom is -0.381 e. The number of pyridine rings is 1. The molecule has 0 aliphatic carbocycles. The highest BCUT2D eigenvalue weighted by molar-refractivity contribution is 5.75. The van der Waals surface area contributed by atoms with Crippen molar-refractivity contribution in [2.24, 2.45) is 5.73 Å². The van der Waals surface area contributed by atoms with E-state index in [2.05, 4.69) is 16.5 Å². The Bertz CT molecular complexity index is 557. The van der Waals surface area contributed by atoms with Crippen molar-refractivity contribution in [3.8, 4) is 0 Å². The highest BCUT2D eigenvalue weighted by Crippen LogP contribution is 2.31. The maximum Gasteiger partial charge on any atom is 0.130 e. The van der Waals surface area contributed by atoms with Crippen LogP contribution in [0.3, 0.4) is 0 Å². The summed E-state index contributed by atoms with van der Waals surface area (Å²) in [5, 5.41) is 0. The van der Waals surface area contributed by atoms with Crippen LogP contribution in [0.5, 0.6) is 0 Å². The molecular formula is C13H18N4O. The lowest BCUT2D eigenvalue weighted by atomic mass is 9.90. The van der Waals surface area contributed by atoms with Crippen molar-refractivity contribution < 1.29 is 4.74 Å². The Kier molecular flexibility index (Phi) is 2.80. The number of ether oxygens (including phenoxy) is 1. The second kappa shape index (κ2) is 4.33. The van der Waals surface area contributed by atoms with Gasteiger partial charge in [-0.2, -0.15) is 0 Å². The number of nitrogens with zero attached hydrogens (tertiary/aromatic N) is 3. The molecule has 2 aromatic heterocycles. The molecule has 0 radical (unpaired) electrons. The zero-order chi connectivity index (χ0) is 12.6. The predicted octanol–water partition coefficient (Wildman–Crippen LogP) is 1.42. The van der Waals surface area contributed by atoms with E-state index in [1.165, 1.54) is 0 Å². The van der Waals surface area contributed by atoms with Crippen molar-refractivity contribution in [1.29, 1.82) is 0 Å². The molecule has 0 bridgehead atoms.